The molecular weight excluding hydrogens is 1900 g/mol. The normalized spacial score (nSPS) is 11.8. The van der Waals surface area contributed by atoms with Gasteiger partial charge in [-0.1, -0.05) is 148 Å². The van der Waals surface area contributed by atoms with Crippen molar-refractivity contribution in [3.63, 3.8) is 0 Å². The summed E-state index contributed by atoms with van der Waals surface area (Å²) in [5, 5.41) is 63.8. The molecule has 0 atom stereocenters. The second-order valence-electron chi connectivity index (χ2n) is 31.0. The van der Waals surface area contributed by atoms with Crippen LogP contribution in [0.25, 0.3) is 0 Å². The zero-order chi connectivity index (χ0) is 109. The van der Waals surface area contributed by atoms with E-state index >= 15 is 0 Å². The molecule has 0 radical (unpaired) electrons. The molecule has 23 heteroatoms. The van der Waals surface area contributed by atoms with Crippen molar-refractivity contribution in [3.8, 4) is 46.0 Å². The second kappa shape index (κ2) is 58.4. The number of carboxylic acid groups (broad SMARTS) is 1. The summed E-state index contributed by atoms with van der Waals surface area (Å²) in [6.45, 7) is 75.6. The Morgan fingerprint density at radius 1 is 0.357 bits per heavy atom. The molecule has 10 rings (SSSR count). The zero-order valence-electron chi connectivity index (χ0n) is 95.0. The van der Waals surface area contributed by atoms with Crippen LogP contribution >= 0.6 is 79.6 Å². The Balaban J connectivity index is 0.00000158. The molecule has 0 saturated carbocycles. The van der Waals surface area contributed by atoms with Crippen molar-refractivity contribution in [2.45, 2.75) is 280 Å². The third-order valence-corrected chi connectivity index (χ3v) is 26.1. The third kappa shape index (κ3) is 36.7. The fourth-order valence-corrected chi connectivity index (χ4v) is 14.0. The van der Waals surface area contributed by atoms with Crippen LogP contribution < -0.4 is 44.0 Å². The van der Waals surface area contributed by atoms with E-state index in [1.54, 1.807) is 6.92 Å². The Morgan fingerprint density at radius 2 is 0.595 bits per heavy atom. The number of phenolic OH excluding ortho intramolecular Hbond substituents is 2. The number of aromatic hydroxyl groups is 2. The number of unbranched alkanes of at least 4 members (excludes halogenated alkanes) is 1. The van der Waals surface area contributed by atoms with Crippen LogP contribution in [-0.2, 0) is 18.8 Å². The summed E-state index contributed by atoms with van der Waals surface area (Å²) in [6, 6.07) is 0.357. The number of hydrogen-bond acceptors (Lipinski definition) is 13. The summed E-state index contributed by atoms with van der Waals surface area (Å²) in [4.78, 5) is 9.37. The van der Waals surface area contributed by atoms with E-state index in [0.29, 0.717) is 11.2 Å². The van der Waals surface area contributed by atoms with Crippen LogP contribution in [0.4, 0.5) is 0 Å². The monoisotopic (exact) mass is 2050 g/mol. The first-order valence-electron chi connectivity index (χ1n) is 48.1. The van der Waals surface area contributed by atoms with Crippen LogP contribution in [0.5, 0.6) is 46.0 Å². The average molecular weight is 2060 g/mol. The Bertz CT molecular complexity index is 5080. The molecule has 0 aliphatic rings. The zero-order valence-corrected chi connectivity index (χ0v) is 88.9. The molecule has 126 heavy (non-hydrogen) atoms. The van der Waals surface area contributed by atoms with Crippen molar-refractivity contribution in [2.24, 2.45) is 0 Å². The summed E-state index contributed by atoms with van der Waals surface area (Å²) in [5.41, 5.74) is 33.0. The maximum Gasteiger partial charge on any atom is 1.00 e. The summed E-state index contributed by atoms with van der Waals surface area (Å²) < 4.78 is 141. The molecule has 0 heterocycles. The van der Waals surface area contributed by atoms with Crippen molar-refractivity contribution >= 4 is 118 Å². The van der Waals surface area contributed by atoms with Gasteiger partial charge in [0, 0.05) is 47.1 Å². The summed E-state index contributed by atoms with van der Waals surface area (Å²) in [5.74, 6) is 2.67. The van der Waals surface area contributed by atoms with Gasteiger partial charge in [0.15, 0.2) is 0 Å². The van der Waals surface area contributed by atoms with Gasteiger partial charge in [-0.25, -0.2) is 0 Å². The maximum atomic E-state index is 9.72. The Labute approximate surface area is 832 Å². The molecule has 0 aliphatic carbocycles. The Kier molecular flexibility index (Phi) is 44.3. The summed E-state index contributed by atoms with van der Waals surface area (Å²) >= 11 is 16.9. The summed E-state index contributed by atoms with van der Waals surface area (Å²) in [7, 11) is -3.63. The van der Waals surface area contributed by atoms with Crippen molar-refractivity contribution < 1.29 is 106 Å². The van der Waals surface area contributed by atoms with Gasteiger partial charge in [-0.3, -0.25) is 4.79 Å². The predicted octanol–water partition coefficient (Wildman–Crippen LogP) is 25.4. The molecule has 0 fully saturated rings. The first kappa shape index (κ1) is 95.7. The van der Waals surface area contributed by atoms with Gasteiger partial charge in [-0.05, 0) is 450 Å². The van der Waals surface area contributed by atoms with Gasteiger partial charge in [-0.2, -0.15) is 6.42 Å². The minimum absolute atomic E-state index is 0. The SMILES string of the molecule is CC(C)OB(OC(C)C)OC(C)C.CCC(=O)O.Cc1c(C)c(Br)c(C)c(C)c1Br.Cc1c(C)c(C)c(O)c(C)c1C.Cc1c(C)c(C)c(Oc2c(C)c(C)c(B(O)O)c(C)c2C)c(C)c1C.Cc1c(C)c(C)c(Oc2c(C)c(C)c(Br)c(C)c2C)c(C)c1C.[2H]c1c([2H])c(Br)c([2H])c([2H])c1Br.[2H]c1c([2H])c([2H])c(O)c([2H])c1[2H].[2H]c1c([2H])c([2H])c(Oc2ccc(B(O)O)cc2)c([2H])c1[2H].[CH2-]CCC.[Li+]. The van der Waals surface area contributed by atoms with E-state index < -0.39 is 93.7 Å². The Hall–Kier alpha value is -6.42. The van der Waals surface area contributed by atoms with E-state index in [4.69, 9.17) is 67.6 Å². The number of carbonyl (C=O) groups is 1. The molecule has 682 valence electrons. The maximum absolute atomic E-state index is 9.72. The van der Waals surface area contributed by atoms with E-state index in [9.17, 15) is 19.9 Å². The van der Waals surface area contributed by atoms with Gasteiger partial charge in [0.25, 0.3) is 0 Å². The van der Waals surface area contributed by atoms with Gasteiger partial charge in [0.1, 0.15) is 46.0 Å². The Morgan fingerprint density at radius 3 is 0.841 bits per heavy atom. The van der Waals surface area contributed by atoms with Crippen LogP contribution in [0.1, 0.15) is 244 Å². The first-order valence-corrected chi connectivity index (χ1v) is 45.1. The van der Waals surface area contributed by atoms with Crippen molar-refractivity contribution in [1.29, 1.82) is 0 Å². The fourth-order valence-electron chi connectivity index (χ4n) is 11.8. The van der Waals surface area contributed by atoms with Crippen molar-refractivity contribution in [1.82, 2.24) is 0 Å². The standard InChI is InChI=1S/C21H29BO3.C21H27BrO.C12H11BO3.C11H16O.C10H12Br2.C9H21BO3.C6H4Br2.C6H6O.C4H9.C3H6O2.Li/c1-10-11(2)15(6)20(16(7)12(10)3)25-21-17(8)13(4)19(22(23)24)14(5)18(21)9;1-10-11(2)15(6)20(16(7)12(10)3)23-21-17(8)13(4)19(22)14(5)18(21)9;14-13(15)10-6-8-12(9-7-10)16-11-4-2-1-3-5-11;1-6-7(2)9(4)11(12)10(5)8(6)3;1-5-6(2)10(12)8(4)7(3)9(5)11;1-7(2)11-10(12-8(3)4)13-9(5)6;7-5-1-2-6(8)4-3-5;7-6-4-2-1-3-5-6;1-3-4-2;1-2-3(4)5;/h23-24H,1-9H3;1-9H3;1-9,14-15H;12H,1-5H3;1-4H3;7-9H,1-6H3;1-4H;1-5,7H;1,3-4H2,2H3;2H2,1H3,(H,4,5);/q;;;;;;;;-1;;+1/i;;1D,2D,3D,4D,5D;;;;1D,2D,3D,4D;1D,2D,3D,4D,5D;;;. The number of halogens is 5. The van der Waals surface area contributed by atoms with E-state index in [-0.39, 0.29) is 93.7 Å². The number of hydrogen-bond donors (Lipinski definition) is 7. The fraction of sp³-hybridized carbons (Fsp3) is 0.398. The number of aliphatic carboxylic acids is 1. The number of phenols is 2. The van der Waals surface area contributed by atoms with Crippen LogP contribution in [0, 0.1) is 194 Å². The minimum atomic E-state index is -1.61. The molecule has 10 aromatic rings. The average Bonchev–Trinajstić information content (AvgIpc) is 0.732. The van der Waals surface area contributed by atoms with Crippen LogP contribution in [0.2, 0.25) is 0 Å². The molecular formula is C103H141B3Br5LiO14. The number of para-hydroxylation sites is 2. The van der Waals surface area contributed by atoms with Gasteiger partial charge in [-0.15, -0.1) is 0 Å². The minimum Gasteiger partial charge on any atom is -0.508 e. The third-order valence-electron chi connectivity index (χ3n) is 21.7. The molecule has 0 saturated heterocycles. The predicted molar refractivity (Wildman–Crippen MR) is 547 cm³/mol. The van der Waals surface area contributed by atoms with Gasteiger partial charge in [0.2, 0.25) is 0 Å². The number of rotatable bonds is 16. The summed E-state index contributed by atoms with van der Waals surface area (Å²) in [6.07, 6.45) is 2.84. The largest absolute Gasteiger partial charge is 1.00 e. The first-order chi connectivity index (χ1) is 63.9. The molecule has 0 aromatic heterocycles. The molecule has 0 unspecified atom stereocenters. The van der Waals surface area contributed by atoms with Crippen LogP contribution in [0.15, 0.2) is 131 Å². The smallest absolute Gasteiger partial charge is 0.508 e. The van der Waals surface area contributed by atoms with E-state index in [2.05, 4.69) is 239 Å². The molecule has 0 amide bonds. The van der Waals surface area contributed by atoms with Crippen LogP contribution in [0.3, 0.4) is 0 Å². The van der Waals surface area contributed by atoms with E-state index in [0.717, 1.165) is 73.9 Å². The second-order valence-corrected chi connectivity index (χ2v) is 35.0. The number of benzene rings is 10. The molecule has 0 bridgehead atoms. The van der Waals surface area contributed by atoms with Gasteiger partial charge >= 0.3 is 46.4 Å². The quantitative estimate of drug-likeness (QED) is 0.0354. The van der Waals surface area contributed by atoms with Crippen LogP contribution in [-0.4, -0.2) is 81.3 Å². The van der Waals surface area contributed by atoms with Crippen molar-refractivity contribution in [2.75, 3.05) is 0 Å². The van der Waals surface area contributed by atoms with Gasteiger partial charge in [0.05, 0.1) is 19.2 Å². The molecule has 0 spiro atoms. The number of carboxylic acids is 1. The van der Waals surface area contributed by atoms with E-state index in [1.165, 1.54) is 150 Å². The topological polar surface area (TPSA) is 214 Å². The molecule has 7 N–H and O–H groups in total. The van der Waals surface area contributed by atoms with Crippen molar-refractivity contribution in [3.05, 3.63) is 288 Å². The molecule has 14 nitrogen and oxygen atoms in total. The molecule has 10 aromatic carbocycles. The number of ether oxygens (including phenoxy) is 3. The van der Waals surface area contributed by atoms with E-state index in [1.807, 2.05) is 83.1 Å². The van der Waals surface area contributed by atoms with Gasteiger partial charge < -0.3 is 70.5 Å². The molecule has 0 aliphatic heterocycles.